The molecule has 5 heteroatoms. The van der Waals surface area contributed by atoms with Crippen LogP contribution in [-0.4, -0.2) is 13.0 Å². The summed E-state index contributed by atoms with van der Waals surface area (Å²) >= 11 is 0. The van der Waals surface area contributed by atoms with Gasteiger partial charge in [-0.15, -0.1) is 0 Å². The second kappa shape index (κ2) is 6.37. The maximum Gasteiger partial charge on any atom is 0.171 e. The largest absolute Gasteiger partial charge is 0.744 e. The van der Waals surface area contributed by atoms with Gasteiger partial charge < -0.3 is 4.55 Å². The molecule has 0 fully saturated rings. The molecular weight excluding hydrogens is 286 g/mol. The molecule has 112 valence electrons. The maximum absolute atomic E-state index is 10.4. The van der Waals surface area contributed by atoms with E-state index >= 15 is 0 Å². The molecule has 0 aliphatic heterocycles. The number of aromatic nitrogens is 1. The van der Waals surface area contributed by atoms with E-state index in [4.69, 9.17) is 0 Å². The Morgan fingerprint density at radius 2 is 1.67 bits per heavy atom. The minimum absolute atomic E-state index is 0.178. The van der Waals surface area contributed by atoms with Crippen LogP contribution >= 0.6 is 0 Å². The molecule has 0 unspecified atom stereocenters. The monoisotopic (exact) mass is 305 g/mol. The number of hydrogen-bond donors (Lipinski definition) is 0. The molecule has 0 N–H and O–H groups in total. The van der Waals surface area contributed by atoms with Crippen LogP contribution in [0.2, 0.25) is 0 Å². The third-order valence-electron chi connectivity index (χ3n) is 3.48. The van der Waals surface area contributed by atoms with Crippen molar-refractivity contribution in [3.63, 3.8) is 0 Å². The number of benzene rings is 1. The number of rotatable bonds is 1. The average molecular weight is 305 g/mol. The molecule has 0 radical (unpaired) electrons. The minimum Gasteiger partial charge on any atom is -0.744 e. The van der Waals surface area contributed by atoms with Gasteiger partial charge in [-0.25, -0.2) is 13.0 Å². The minimum atomic E-state index is -4.27. The van der Waals surface area contributed by atoms with Gasteiger partial charge in [0.05, 0.1) is 4.90 Å². The van der Waals surface area contributed by atoms with E-state index in [-0.39, 0.29) is 4.90 Å². The average Bonchev–Trinajstić information content (AvgIpc) is 2.86. The lowest BCUT2D eigenvalue weighted by molar-refractivity contribution is -0.671. The van der Waals surface area contributed by atoms with Crippen LogP contribution < -0.4 is 4.57 Å². The predicted molar refractivity (Wildman–Crippen MR) is 78.8 cm³/mol. The van der Waals surface area contributed by atoms with Crippen LogP contribution in [0, 0.1) is 6.92 Å². The zero-order valence-corrected chi connectivity index (χ0v) is 13.1. The lowest BCUT2D eigenvalue weighted by Crippen LogP contribution is -2.27. The van der Waals surface area contributed by atoms with E-state index in [1.54, 1.807) is 23.3 Å². The molecule has 0 amide bonds. The fourth-order valence-electron chi connectivity index (χ4n) is 2.33. The third-order valence-corrected chi connectivity index (χ3v) is 4.33. The summed E-state index contributed by atoms with van der Waals surface area (Å²) < 4.78 is 33.3. The van der Waals surface area contributed by atoms with E-state index in [2.05, 4.69) is 30.1 Å². The molecule has 0 saturated carbocycles. The van der Waals surface area contributed by atoms with Crippen LogP contribution in [0.15, 0.2) is 47.6 Å². The topological polar surface area (TPSA) is 61.1 Å². The van der Waals surface area contributed by atoms with Crippen LogP contribution in [0.4, 0.5) is 0 Å². The van der Waals surface area contributed by atoms with Gasteiger partial charge in [0.2, 0.25) is 0 Å². The van der Waals surface area contributed by atoms with Gasteiger partial charge >= 0.3 is 0 Å². The quantitative estimate of drug-likeness (QED) is 0.597. The smallest absolute Gasteiger partial charge is 0.171 e. The third kappa shape index (κ3) is 4.37. The first-order valence-electron chi connectivity index (χ1n) is 6.86. The Bertz CT molecular complexity index is 722. The molecule has 4 nitrogen and oxygen atoms in total. The van der Waals surface area contributed by atoms with Crippen LogP contribution in [0.1, 0.15) is 23.1 Å². The standard InChI is InChI=1S/C9H12N.C7H8O3S/c1-10-6-5-8-3-2-4-9(8)7-10;1-6-2-4-7(5-3-6)11(8,9)10/h5-7H,2-4H2,1H3;2-5H,1H3,(H,8,9,10)/q+1;/p-1. The maximum atomic E-state index is 10.4. The fraction of sp³-hybridized carbons (Fsp3) is 0.312. The summed E-state index contributed by atoms with van der Waals surface area (Å²) in [7, 11) is -2.19. The van der Waals surface area contributed by atoms with E-state index in [9.17, 15) is 13.0 Å². The molecule has 1 heterocycles. The highest BCUT2D eigenvalue weighted by molar-refractivity contribution is 7.85. The number of fused-ring (bicyclic) bond motifs is 1. The molecule has 1 aromatic heterocycles. The van der Waals surface area contributed by atoms with E-state index in [0.29, 0.717) is 0 Å². The molecule has 0 bridgehead atoms. The summed E-state index contributed by atoms with van der Waals surface area (Å²) in [6.45, 7) is 1.82. The second-order valence-corrected chi connectivity index (χ2v) is 6.66. The van der Waals surface area contributed by atoms with Crippen LogP contribution in [0.25, 0.3) is 0 Å². The molecule has 1 aliphatic rings. The van der Waals surface area contributed by atoms with Gasteiger partial charge in [0.1, 0.15) is 17.2 Å². The summed E-state index contributed by atoms with van der Waals surface area (Å²) in [5, 5.41) is 0. The Balaban J connectivity index is 0.000000154. The zero-order valence-electron chi connectivity index (χ0n) is 12.2. The van der Waals surface area contributed by atoms with Crippen molar-refractivity contribution >= 4 is 10.1 Å². The molecule has 2 aromatic rings. The van der Waals surface area contributed by atoms with Gasteiger partial charge in [0.15, 0.2) is 12.4 Å². The summed E-state index contributed by atoms with van der Waals surface area (Å²) in [4.78, 5) is -0.178. The van der Waals surface area contributed by atoms with E-state index in [1.807, 2.05) is 6.92 Å². The van der Waals surface area contributed by atoms with Gasteiger partial charge in [-0.05, 0) is 43.9 Å². The van der Waals surface area contributed by atoms with Gasteiger partial charge in [0.25, 0.3) is 0 Å². The molecule has 21 heavy (non-hydrogen) atoms. The van der Waals surface area contributed by atoms with Gasteiger partial charge in [-0.1, -0.05) is 17.7 Å². The molecular formula is C16H19NO3S. The number of pyridine rings is 1. The summed E-state index contributed by atoms with van der Waals surface area (Å²) in [5.74, 6) is 0. The van der Waals surface area contributed by atoms with Crippen molar-refractivity contribution in [2.24, 2.45) is 7.05 Å². The Labute approximate surface area is 125 Å². The van der Waals surface area contributed by atoms with E-state index < -0.39 is 10.1 Å². The van der Waals surface area contributed by atoms with Crippen molar-refractivity contribution in [3.05, 3.63) is 59.4 Å². The Morgan fingerprint density at radius 1 is 1.05 bits per heavy atom. The van der Waals surface area contributed by atoms with Gasteiger partial charge in [-0.2, -0.15) is 0 Å². The number of aryl methyl sites for hydroxylation is 4. The first kappa shape index (κ1) is 15.7. The molecule has 0 atom stereocenters. The molecule has 1 aliphatic carbocycles. The number of hydrogen-bond acceptors (Lipinski definition) is 3. The highest BCUT2D eigenvalue weighted by Gasteiger charge is 2.12. The van der Waals surface area contributed by atoms with Gasteiger partial charge in [-0.3, -0.25) is 0 Å². The van der Waals surface area contributed by atoms with Crippen molar-refractivity contribution < 1.29 is 17.5 Å². The van der Waals surface area contributed by atoms with Gasteiger partial charge in [0, 0.05) is 11.6 Å². The first-order chi connectivity index (χ1) is 9.86. The highest BCUT2D eigenvalue weighted by atomic mass is 32.2. The highest BCUT2D eigenvalue weighted by Crippen LogP contribution is 2.18. The van der Waals surface area contributed by atoms with Crippen LogP contribution in [0.5, 0.6) is 0 Å². The fourth-order valence-corrected chi connectivity index (χ4v) is 2.80. The normalized spacial score (nSPS) is 13.3. The first-order valence-corrected chi connectivity index (χ1v) is 8.27. The summed E-state index contributed by atoms with van der Waals surface area (Å²) in [6.07, 6.45) is 8.28. The van der Waals surface area contributed by atoms with E-state index in [1.165, 1.54) is 31.4 Å². The molecule has 1 aromatic carbocycles. The van der Waals surface area contributed by atoms with Crippen LogP contribution in [-0.2, 0) is 30.0 Å². The van der Waals surface area contributed by atoms with Crippen molar-refractivity contribution in [1.29, 1.82) is 0 Å². The van der Waals surface area contributed by atoms with E-state index in [0.717, 1.165) is 5.56 Å². The zero-order chi connectivity index (χ0) is 15.5. The van der Waals surface area contributed by atoms with Crippen molar-refractivity contribution in [2.45, 2.75) is 31.1 Å². The summed E-state index contributed by atoms with van der Waals surface area (Å²) in [6, 6.07) is 8.02. The molecule has 0 spiro atoms. The molecule has 3 rings (SSSR count). The lowest BCUT2D eigenvalue weighted by atomic mass is 10.2. The van der Waals surface area contributed by atoms with Crippen molar-refractivity contribution in [3.8, 4) is 0 Å². The Kier molecular flexibility index (Phi) is 4.75. The van der Waals surface area contributed by atoms with Crippen molar-refractivity contribution in [2.75, 3.05) is 0 Å². The lowest BCUT2D eigenvalue weighted by Gasteiger charge is -2.05. The Hall–Kier alpha value is -1.72. The van der Waals surface area contributed by atoms with Crippen molar-refractivity contribution in [1.82, 2.24) is 0 Å². The van der Waals surface area contributed by atoms with Crippen LogP contribution in [0.3, 0.4) is 0 Å². The SMILES string of the molecule is C[n+]1ccc2c(c1)CCC2.Cc1ccc(S(=O)(=O)[O-])cc1. The summed E-state index contributed by atoms with van der Waals surface area (Å²) in [5.41, 5.74) is 4.03. The number of nitrogens with zero attached hydrogens (tertiary/aromatic N) is 1. The molecule has 0 saturated heterocycles. The second-order valence-electron chi connectivity index (χ2n) is 5.28. The predicted octanol–water partition coefficient (Wildman–Crippen LogP) is 1.90. The Morgan fingerprint density at radius 3 is 2.29 bits per heavy atom.